The molecule has 0 fully saturated rings. The van der Waals surface area contributed by atoms with E-state index in [1.165, 1.54) is 5.56 Å². The normalized spacial score (nSPS) is 11.2. The van der Waals surface area contributed by atoms with Crippen molar-refractivity contribution in [3.63, 3.8) is 0 Å². The first-order valence-corrected chi connectivity index (χ1v) is 5.94. The summed E-state index contributed by atoms with van der Waals surface area (Å²) in [4.78, 5) is 6.47. The quantitative estimate of drug-likeness (QED) is 0.480. The van der Waals surface area contributed by atoms with Crippen LogP contribution in [0.3, 0.4) is 0 Å². The molecule has 0 unspecified atom stereocenters. The highest BCUT2D eigenvalue weighted by molar-refractivity contribution is 14.0. The first kappa shape index (κ1) is 17.2. The maximum absolute atomic E-state index is 5.79. The predicted molar refractivity (Wildman–Crippen MR) is 89.9 cm³/mol. The zero-order valence-electron chi connectivity index (χ0n) is 11.3. The highest BCUT2D eigenvalue weighted by Crippen LogP contribution is 2.07. The number of halogens is 1. The lowest BCUT2D eigenvalue weighted by Gasteiger charge is -2.12. The van der Waals surface area contributed by atoms with Crippen LogP contribution in [0.5, 0.6) is 0 Å². The Balaban J connectivity index is 0.00000289. The van der Waals surface area contributed by atoms with Crippen molar-refractivity contribution in [2.24, 2.45) is 10.7 Å². The number of nitrogens with one attached hydrogen (secondary N) is 1. The zero-order chi connectivity index (χ0) is 12.7. The van der Waals surface area contributed by atoms with Gasteiger partial charge in [0, 0.05) is 12.2 Å². The molecule has 0 bridgehead atoms. The van der Waals surface area contributed by atoms with Crippen LogP contribution in [0.15, 0.2) is 29.3 Å². The Hall–Kier alpha value is -0.820. The van der Waals surface area contributed by atoms with E-state index in [2.05, 4.69) is 36.1 Å². The maximum atomic E-state index is 5.79. The van der Waals surface area contributed by atoms with Gasteiger partial charge in [0.05, 0.1) is 6.54 Å². The largest absolute Gasteiger partial charge is 0.370 e. The lowest BCUT2D eigenvalue weighted by Crippen LogP contribution is -2.26. The molecule has 0 saturated carbocycles. The summed E-state index contributed by atoms with van der Waals surface area (Å²) in [5.41, 5.74) is 8.00. The van der Waals surface area contributed by atoms with Crippen molar-refractivity contribution in [1.29, 1.82) is 0 Å². The minimum Gasteiger partial charge on any atom is -0.370 e. The zero-order valence-corrected chi connectivity index (χ0v) is 13.6. The summed E-state index contributed by atoms with van der Waals surface area (Å²) >= 11 is 0. The van der Waals surface area contributed by atoms with Crippen LogP contribution in [-0.4, -0.2) is 37.5 Å². The Morgan fingerprint density at radius 2 is 1.94 bits per heavy atom. The molecule has 0 radical (unpaired) electrons. The second-order valence-corrected chi connectivity index (χ2v) is 4.15. The topological polar surface area (TPSA) is 53.6 Å². The van der Waals surface area contributed by atoms with E-state index in [0.717, 1.165) is 25.3 Å². The lowest BCUT2D eigenvalue weighted by atomic mass is 10.2. The van der Waals surface area contributed by atoms with Crippen molar-refractivity contribution < 1.29 is 0 Å². The average Bonchev–Trinajstić information content (AvgIpc) is 2.32. The number of guanidine groups is 1. The van der Waals surface area contributed by atoms with Crippen LogP contribution in [0.4, 0.5) is 5.69 Å². The fraction of sp³-hybridized carbons (Fsp3) is 0.462. The number of aryl methyl sites for hydroxylation is 1. The molecular formula is C13H23IN4. The molecule has 0 atom stereocenters. The molecule has 1 rings (SSSR count). The summed E-state index contributed by atoms with van der Waals surface area (Å²) in [6, 6.07) is 8.08. The number of likely N-dealkylation sites (N-methyl/N-ethyl adjacent to an activating group) is 1. The SMILES string of the molecule is CCN(C)CCN=C(N)Nc1ccc(C)cc1.I. The number of aliphatic imine (C=N–C) groups is 1. The number of hydrogen-bond donors (Lipinski definition) is 2. The molecule has 0 aliphatic carbocycles. The Morgan fingerprint density at radius 1 is 1.33 bits per heavy atom. The number of rotatable bonds is 5. The maximum Gasteiger partial charge on any atom is 0.193 e. The van der Waals surface area contributed by atoms with Crippen molar-refractivity contribution in [3.05, 3.63) is 29.8 Å². The van der Waals surface area contributed by atoms with E-state index in [1.54, 1.807) is 0 Å². The second-order valence-electron chi connectivity index (χ2n) is 4.15. The molecule has 0 spiro atoms. The predicted octanol–water partition coefficient (Wildman–Crippen LogP) is 2.29. The van der Waals surface area contributed by atoms with Crippen LogP contribution in [0.1, 0.15) is 12.5 Å². The molecule has 0 heterocycles. The van der Waals surface area contributed by atoms with Gasteiger partial charge in [-0.1, -0.05) is 24.6 Å². The van der Waals surface area contributed by atoms with Crippen LogP contribution in [0.25, 0.3) is 0 Å². The number of hydrogen-bond acceptors (Lipinski definition) is 2. The average molecular weight is 362 g/mol. The fourth-order valence-electron chi connectivity index (χ4n) is 1.32. The number of nitrogens with two attached hydrogens (primary N) is 1. The molecule has 0 aromatic heterocycles. The van der Waals surface area contributed by atoms with Gasteiger partial charge < -0.3 is 16.0 Å². The van der Waals surface area contributed by atoms with Gasteiger partial charge in [-0.15, -0.1) is 24.0 Å². The molecule has 102 valence electrons. The molecule has 18 heavy (non-hydrogen) atoms. The van der Waals surface area contributed by atoms with Crippen LogP contribution < -0.4 is 11.1 Å². The van der Waals surface area contributed by atoms with Gasteiger partial charge in [-0.25, -0.2) is 0 Å². The molecule has 0 saturated heterocycles. The summed E-state index contributed by atoms with van der Waals surface area (Å²) in [5, 5.41) is 3.07. The summed E-state index contributed by atoms with van der Waals surface area (Å²) in [6.07, 6.45) is 0. The van der Waals surface area contributed by atoms with E-state index in [1.807, 2.05) is 24.3 Å². The van der Waals surface area contributed by atoms with Gasteiger partial charge in [-0.3, -0.25) is 4.99 Å². The summed E-state index contributed by atoms with van der Waals surface area (Å²) in [7, 11) is 2.07. The number of nitrogens with zero attached hydrogens (tertiary/aromatic N) is 2. The fourth-order valence-corrected chi connectivity index (χ4v) is 1.32. The summed E-state index contributed by atoms with van der Waals surface area (Å²) in [6.45, 7) is 6.85. The molecular weight excluding hydrogens is 339 g/mol. The van der Waals surface area contributed by atoms with Gasteiger partial charge in [0.25, 0.3) is 0 Å². The van der Waals surface area contributed by atoms with Crippen molar-refractivity contribution in [2.45, 2.75) is 13.8 Å². The molecule has 3 N–H and O–H groups in total. The number of benzene rings is 1. The highest BCUT2D eigenvalue weighted by atomic mass is 127. The number of anilines is 1. The summed E-state index contributed by atoms with van der Waals surface area (Å²) in [5.74, 6) is 0.471. The minimum absolute atomic E-state index is 0. The lowest BCUT2D eigenvalue weighted by molar-refractivity contribution is 0.363. The van der Waals surface area contributed by atoms with Crippen molar-refractivity contribution >= 4 is 35.6 Å². The van der Waals surface area contributed by atoms with Crippen LogP contribution >= 0.6 is 24.0 Å². The first-order chi connectivity index (χ1) is 8.11. The van der Waals surface area contributed by atoms with Crippen molar-refractivity contribution in [1.82, 2.24) is 4.90 Å². The van der Waals surface area contributed by atoms with Gasteiger partial charge >= 0.3 is 0 Å². The molecule has 0 aliphatic rings. The van der Waals surface area contributed by atoms with Gasteiger partial charge in [0.2, 0.25) is 0 Å². The van der Waals surface area contributed by atoms with E-state index >= 15 is 0 Å². The molecule has 0 amide bonds. The molecule has 4 nitrogen and oxygen atoms in total. The highest BCUT2D eigenvalue weighted by Gasteiger charge is 1.96. The van der Waals surface area contributed by atoms with Crippen molar-refractivity contribution in [2.75, 3.05) is 32.0 Å². The third-order valence-electron chi connectivity index (χ3n) is 2.63. The van der Waals surface area contributed by atoms with E-state index in [4.69, 9.17) is 5.73 Å². The first-order valence-electron chi connectivity index (χ1n) is 5.94. The Kier molecular flexibility index (Phi) is 8.74. The monoisotopic (exact) mass is 362 g/mol. The molecule has 1 aromatic rings. The standard InChI is InChI=1S/C13H22N4.HI/c1-4-17(3)10-9-15-13(14)16-12-7-5-11(2)6-8-12;/h5-8H,4,9-10H2,1-3H3,(H3,14,15,16);1H. The second kappa shape index (κ2) is 9.16. The van der Waals surface area contributed by atoms with E-state index < -0.39 is 0 Å². The Bertz CT molecular complexity index is 362. The van der Waals surface area contributed by atoms with Gasteiger partial charge in [0.15, 0.2) is 5.96 Å². The minimum atomic E-state index is 0. The Labute approximate surface area is 127 Å². The molecule has 5 heteroatoms. The molecule has 1 aromatic carbocycles. The smallest absolute Gasteiger partial charge is 0.193 e. The molecule has 0 aliphatic heterocycles. The van der Waals surface area contributed by atoms with Crippen LogP contribution in [-0.2, 0) is 0 Å². The van der Waals surface area contributed by atoms with Crippen LogP contribution in [0.2, 0.25) is 0 Å². The van der Waals surface area contributed by atoms with Gasteiger partial charge in [-0.05, 0) is 32.6 Å². The third-order valence-corrected chi connectivity index (χ3v) is 2.63. The van der Waals surface area contributed by atoms with Crippen LogP contribution in [0, 0.1) is 6.92 Å². The van der Waals surface area contributed by atoms with Gasteiger partial charge in [0.1, 0.15) is 0 Å². The Morgan fingerprint density at radius 3 is 2.50 bits per heavy atom. The van der Waals surface area contributed by atoms with Crippen molar-refractivity contribution in [3.8, 4) is 0 Å². The van der Waals surface area contributed by atoms with E-state index in [9.17, 15) is 0 Å². The van der Waals surface area contributed by atoms with Gasteiger partial charge in [-0.2, -0.15) is 0 Å². The van der Waals surface area contributed by atoms with E-state index in [0.29, 0.717) is 5.96 Å². The third kappa shape index (κ3) is 6.80. The summed E-state index contributed by atoms with van der Waals surface area (Å²) < 4.78 is 0. The van der Waals surface area contributed by atoms with E-state index in [-0.39, 0.29) is 24.0 Å².